The van der Waals surface area contributed by atoms with E-state index in [1.165, 1.54) is 10.5 Å². The number of piperazine rings is 1. The molecule has 0 unspecified atom stereocenters. The summed E-state index contributed by atoms with van der Waals surface area (Å²) in [6, 6.07) is 6.27. The van der Waals surface area contributed by atoms with E-state index in [9.17, 15) is 0 Å². The Morgan fingerprint density at radius 3 is 2.72 bits per heavy atom. The lowest BCUT2D eigenvalue weighted by Crippen LogP contribution is -2.42. The summed E-state index contributed by atoms with van der Waals surface area (Å²) in [4.78, 5) is 3.86. The van der Waals surface area contributed by atoms with Crippen LogP contribution >= 0.6 is 23.4 Å². The quantitative estimate of drug-likeness (QED) is 0.855. The maximum atomic E-state index is 6.13. The number of nitrogens with one attached hydrogen (secondary N) is 1. The SMILES string of the molecule is CC(C)Sc1ccc(Cl)cc1CN1CCNCC1. The molecule has 1 fully saturated rings. The van der Waals surface area contributed by atoms with E-state index in [0.29, 0.717) is 5.25 Å². The maximum absolute atomic E-state index is 6.13. The summed E-state index contributed by atoms with van der Waals surface area (Å²) in [5.41, 5.74) is 1.36. The van der Waals surface area contributed by atoms with Gasteiger partial charge >= 0.3 is 0 Å². The van der Waals surface area contributed by atoms with E-state index < -0.39 is 0 Å². The highest BCUT2D eigenvalue weighted by atomic mass is 35.5. The molecule has 0 aliphatic carbocycles. The average Bonchev–Trinajstić information content (AvgIpc) is 2.33. The number of hydrogen-bond acceptors (Lipinski definition) is 3. The van der Waals surface area contributed by atoms with Crippen LogP contribution in [0.1, 0.15) is 19.4 Å². The Morgan fingerprint density at radius 1 is 1.33 bits per heavy atom. The number of rotatable bonds is 4. The van der Waals surface area contributed by atoms with Crippen molar-refractivity contribution >= 4 is 23.4 Å². The molecule has 0 spiro atoms. The number of thioether (sulfide) groups is 1. The molecule has 0 atom stereocenters. The lowest BCUT2D eigenvalue weighted by molar-refractivity contribution is 0.232. The molecule has 1 aromatic carbocycles. The highest BCUT2D eigenvalue weighted by Gasteiger charge is 2.13. The van der Waals surface area contributed by atoms with Crippen molar-refractivity contribution in [1.82, 2.24) is 10.2 Å². The molecule has 1 aromatic rings. The minimum absolute atomic E-state index is 0.605. The summed E-state index contributed by atoms with van der Waals surface area (Å²) in [5, 5.41) is 4.83. The van der Waals surface area contributed by atoms with Gasteiger partial charge in [-0.3, -0.25) is 4.90 Å². The topological polar surface area (TPSA) is 15.3 Å². The van der Waals surface area contributed by atoms with Gasteiger partial charge < -0.3 is 5.32 Å². The summed E-state index contributed by atoms with van der Waals surface area (Å²) in [7, 11) is 0. The first-order valence-corrected chi connectivity index (χ1v) is 7.79. The third-order valence-corrected chi connectivity index (χ3v) is 4.35. The van der Waals surface area contributed by atoms with Crippen LogP contribution in [-0.2, 0) is 6.54 Å². The Hall–Kier alpha value is -0.220. The zero-order valence-electron chi connectivity index (χ0n) is 11.1. The molecule has 1 aliphatic rings. The molecule has 0 radical (unpaired) electrons. The van der Waals surface area contributed by atoms with Crippen molar-refractivity contribution in [3.63, 3.8) is 0 Å². The van der Waals surface area contributed by atoms with E-state index in [0.717, 1.165) is 37.7 Å². The number of hydrogen-bond donors (Lipinski definition) is 1. The van der Waals surface area contributed by atoms with E-state index in [1.807, 2.05) is 17.8 Å². The molecule has 1 aliphatic heterocycles. The lowest BCUT2D eigenvalue weighted by Gasteiger charge is -2.28. The molecule has 4 heteroatoms. The Bertz CT molecular complexity index is 389. The highest BCUT2D eigenvalue weighted by Crippen LogP contribution is 2.29. The summed E-state index contributed by atoms with van der Waals surface area (Å²) >= 11 is 8.05. The van der Waals surface area contributed by atoms with Gasteiger partial charge in [0, 0.05) is 47.9 Å². The molecule has 2 rings (SSSR count). The molecular weight excluding hydrogens is 264 g/mol. The Morgan fingerprint density at radius 2 is 2.06 bits per heavy atom. The van der Waals surface area contributed by atoms with E-state index in [2.05, 4.69) is 36.2 Å². The molecule has 1 saturated heterocycles. The van der Waals surface area contributed by atoms with E-state index in [4.69, 9.17) is 11.6 Å². The summed E-state index contributed by atoms with van der Waals surface area (Å²) in [6.45, 7) is 9.90. The van der Waals surface area contributed by atoms with Crippen molar-refractivity contribution in [1.29, 1.82) is 0 Å². The van der Waals surface area contributed by atoms with Crippen LogP contribution in [0.3, 0.4) is 0 Å². The van der Waals surface area contributed by atoms with Crippen molar-refractivity contribution in [2.24, 2.45) is 0 Å². The average molecular weight is 285 g/mol. The molecule has 0 aromatic heterocycles. The van der Waals surface area contributed by atoms with E-state index in [-0.39, 0.29) is 0 Å². The van der Waals surface area contributed by atoms with Gasteiger partial charge in [-0.2, -0.15) is 0 Å². The Balaban J connectivity index is 2.10. The number of benzene rings is 1. The van der Waals surface area contributed by atoms with E-state index in [1.54, 1.807) is 0 Å². The lowest BCUT2D eigenvalue weighted by atomic mass is 10.2. The van der Waals surface area contributed by atoms with Crippen LogP contribution in [0.25, 0.3) is 0 Å². The van der Waals surface area contributed by atoms with Crippen LogP contribution < -0.4 is 5.32 Å². The van der Waals surface area contributed by atoms with E-state index >= 15 is 0 Å². The number of halogens is 1. The first-order valence-electron chi connectivity index (χ1n) is 6.53. The van der Waals surface area contributed by atoms with Crippen LogP contribution in [0.5, 0.6) is 0 Å². The first kappa shape index (κ1) is 14.2. The monoisotopic (exact) mass is 284 g/mol. The smallest absolute Gasteiger partial charge is 0.0410 e. The third kappa shape index (κ3) is 4.16. The predicted octanol–water partition coefficient (Wildman–Crippen LogP) is 3.25. The summed E-state index contributed by atoms with van der Waals surface area (Å²) in [6.07, 6.45) is 0. The molecule has 0 saturated carbocycles. The number of nitrogens with zero attached hydrogens (tertiary/aromatic N) is 1. The second kappa shape index (κ2) is 6.80. The highest BCUT2D eigenvalue weighted by molar-refractivity contribution is 8.00. The fourth-order valence-electron chi connectivity index (χ4n) is 2.15. The van der Waals surface area contributed by atoms with Gasteiger partial charge in [0.25, 0.3) is 0 Å². The molecule has 0 amide bonds. The Kier molecular flexibility index (Phi) is 5.37. The van der Waals surface area contributed by atoms with Gasteiger partial charge in [0.2, 0.25) is 0 Å². The normalized spacial score (nSPS) is 17.3. The molecule has 18 heavy (non-hydrogen) atoms. The third-order valence-electron chi connectivity index (χ3n) is 2.99. The largest absolute Gasteiger partial charge is 0.314 e. The van der Waals surface area contributed by atoms with Gasteiger partial charge in [-0.25, -0.2) is 0 Å². The van der Waals surface area contributed by atoms with Crippen molar-refractivity contribution in [3.05, 3.63) is 28.8 Å². The zero-order valence-corrected chi connectivity index (χ0v) is 12.7. The van der Waals surface area contributed by atoms with Gasteiger partial charge in [0.1, 0.15) is 0 Å². The molecule has 1 heterocycles. The molecular formula is C14H21ClN2S. The Labute approximate surface area is 119 Å². The van der Waals surface area contributed by atoms with Crippen LogP contribution in [0.4, 0.5) is 0 Å². The van der Waals surface area contributed by atoms with Crippen molar-refractivity contribution in [3.8, 4) is 0 Å². The summed E-state index contributed by atoms with van der Waals surface area (Å²) in [5.74, 6) is 0. The molecule has 1 N–H and O–H groups in total. The van der Waals surface area contributed by atoms with Gasteiger partial charge in [-0.1, -0.05) is 25.4 Å². The molecule has 100 valence electrons. The molecule has 2 nitrogen and oxygen atoms in total. The minimum Gasteiger partial charge on any atom is -0.314 e. The second-order valence-electron chi connectivity index (χ2n) is 4.94. The van der Waals surface area contributed by atoms with Gasteiger partial charge in [-0.15, -0.1) is 11.8 Å². The van der Waals surface area contributed by atoms with Gasteiger partial charge in [0.15, 0.2) is 0 Å². The first-order chi connectivity index (χ1) is 8.65. The second-order valence-corrected chi connectivity index (χ2v) is 7.00. The van der Waals surface area contributed by atoms with Crippen LogP contribution in [-0.4, -0.2) is 36.3 Å². The van der Waals surface area contributed by atoms with Crippen LogP contribution in [0.2, 0.25) is 5.02 Å². The fraction of sp³-hybridized carbons (Fsp3) is 0.571. The van der Waals surface area contributed by atoms with Gasteiger partial charge in [-0.05, 0) is 23.8 Å². The van der Waals surface area contributed by atoms with Gasteiger partial charge in [0.05, 0.1) is 0 Å². The van der Waals surface area contributed by atoms with Crippen LogP contribution in [0.15, 0.2) is 23.1 Å². The standard InChI is InChI=1S/C14H21ClN2S/c1-11(2)18-14-4-3-13(15)9-12(14)10-17-7-5-16-6-8-17/h3-4,9,11,16H,5-8,10H2,1-2H3. The van der Waals surface area contributed by atoms with Crippen molar-refractivity contribution in [2.45, 2.75) is 30.5 Å². The minimum atomic E-state index is 0.605. The fourth-order valence-corrected chi connectivity index (χ4v) is 3.27. The molecule has 0 bridgehead atoms. The summed E-state index contributed by atoms with van der Waals surface area (Å²) < 4.78 is 0. The van der Waals surface area contributed by atoms with Crippen molar-refractivity contribution in [2.75, 3.05) is 26.2 Å². The maximum Gasteiger partial charge on any atom is 0.0410 e. The zero-order chi connectivity index (χ0) is 13.0. The van der Waals surface area contributed by atoms with Crippen LogP contribution in [0, 0.1) is 0 Å². The predicted molar refractivity (Wildman–Crippen MR) is 80.6 cm³/mol. The van der Waals surface area contributed by atoms with Crippen molar-refractivity contribution < 1.29 is 0 Å².